The van der Waals surface area contributed by atoms with Crippen LogP contribution in [-0.2, 0) is 28.8 Å². The molecule has 2 N–H and O–H groups in total. The molecular formula is C30H35F3N2O3. The van der Waals surface area contributed by atoms with E-state index in [0.29, 0.717) is 23.4 Å². The lowest BCUT2D eigenvalue weighted by atomic mass is 9.81. The molecule has 5 nitrogen and oxygen atoms in total. The fourth-order valence-electron chi connectivity index (χ4n) is 5.95. The lowest BCUT2D eigenvalue weighted by molar-refractivity contribution is -0.143. The Bertz CT molecular complexity index is 1210. The second-order valence-corrected chi connectivity index (χ2v) is 11.2. The van der Waals surface area contributed by atoms with Crippen LogP contribution in [0.3, 0.4) is 0 Å². The van der Waals surface area contributed by atoms with E-state index in [-0.39, 0.29) is 18.6 Å². The van der Waals surface area contributed by atoms with Crippen LogP contribution in [0.25, 0.3) is 0 Å². The number of aliphatic carboxylic acids is 1. The van der Waals surface area contributed by atoms with E-state index in [4.69, 9.17) is 4.84 Å². The zero-order chi connectivity index (χ0) is 26.9. The van der Waals surface area contributed by atoms with Crippen LogP contribution in [0.15, 0.2) is 41.6 Å². The van der Waals surface area contributed by atoms with Crippen molar-refractivity contribution in [3.05, 3.63) is 69.8 Å². The molecule has 204 valence electrons. The molecule has 0 spiro atoms. The van der Waals surface area contributed by atoms with Crippen LogP contribution in [0.2, 0.25) is 0 Å². The molecule has 2 fully saturated rings. The number of nitrogens with one attached hydrogen (secondary N) is 1. The number of aryl methyl sites for hydroxylation is 1. The Hall–Kier alpha value is -2.87. The molecule has 1 unspecified atom stereocenters. The van der Waals surface area contributed by atoms with Gasteiger partial charge in [0, 0.05) is 12.6 Å². The minimum atomic E-state index is -4.40. The van der Waals surface area contributed by atoms with Crippen molar-refractivity contribution in [2.45, 2.75) is 89.5 Å². The molecule has 3 aliphatic rings. The summed E-state index contributed by atoms with van der Waals surface area (Å²) in [5.41, 5.74) is 3.64. The van der Waals surface area contributed by atoms with Crippen molar-refractivity contribution in [1.29, 1.82) is 0 Å². The number of carboxylic acids is 1. The fourth-order valence-corrected chi connectivity index (χ4v) is 5.95. The highest BCUT2D eigenvalue weighted by atomic mass is 19.4. The number of carbonyl (C=O) groups is 1. The number of halogens is 3. The Labute approximate surface area is 221 Å². The first-order valence-corrected chi connectivity index (χ1v) is 13.6. The lowest BCUT2D eigenvalue weighted by Crippen LogP contribution is -2.32. The first kappa shape index (κ1) is 26.7. The summed E-state index contributed by atoms with van der Waals surface area (Å²) < 4.78 is 41.5. The molecular weight excluding hydrogens is 493 g/mol. The third-order valence-corrected chi connectivity index (χ3v) is 8.53. The minimum absolute atomic E-state index is 0.0304. The largest absolute Gasteiger partial charge is 0.481 e. The van der Waals surface area contributed by atoms with Gasteiger partial charge in [0.25, 0.3) is 0 Å². The van der Waals surface area contributed by atoms with E-state index in [0.717, 1.165) is 63.4 Å². The van der Waals surface area contributed by atoms with Crippen LogP contribution in [0.4, 0.5) is 13.2 Å². The van der Waals surface area contributed by atoms with E-state index in [1.165, 1.54) is 17.2 Å². The number of rotatable bonds is 9. The van der Waals surface area contributed by atoms with Crippen LogP contribution < -0.4 is 5.32 Å². The zero-order valence-electron chi connectivity index (χ0n) is 21.7. The highest BCUT2D eigenvalue weighted by Gasteiger charge is 2.50. The van der Waals surface area contributed by atoms with Crippen molar-refractivity contribution in [2.24, 2.45) is 10.6 Å². The molecule has 2 aromatic rings. The number of hydrogen-bond donors (Lipinski definition) is 2. The molecule has 0 aliphatic heterocycles. The molecule has 2 saturated carbocycles. The number of alkyl halides is 3. The van der Waals surface area contributed by atoms with Gasteiger partial charge in [0.05, 0.1) is 16.7 Å². The predicted octanol–water partition coefficient (Wildman–Crippen LogP) is 7.14. The topological polar surface area (TPSA) is 70.9 Å². The second kappa shape index (κ2) is 10.7. The smallest absolute Gasteiger partial charge is 0.416 e. The Balaban J connectivity index is 1.22. The van der Waals surface area contributed by atoms with Crippen molar-refractivity contribution in [1.82, 2.24) is 5.32 Å². The molecule has 38 heavy (non-hydrogen) atoms. The van der Waals surface area contributed by atoms with Crippen molar-refractivity contribution >= 4 is 11.7 Å². The van der Waals surface area contributed by atoms with Crippen LogP contribution in [-0.4, -0.2) is 23.3 Å². The molecule has 0 amide bonds. The fraction of sp³-hybridized carbons (Fsp3) is 0.533. The maximum absolute atomic E-state index is 13.8. The van der Waals surface area contributed by atoms with Gasteiger partial charge in [-0.2, -0.15) is 13.2 Å². The number of nitrogens with zero attached hydrogens (tertiary/aromatic N) is 1. The Morgan fingerprint density at radius 2 is 1.82 bits per heavy atom. The highest BCUT2D eigenvalue weighted by Crippen LogP contribution is 2.46. The molecule has 8 heteroatoms. The average Bonchev–Trinajstić information content (AvgIpc) is 3.60. The maximum atomic E-state index is 13.8. The molecule has 0 radical (unpaired) electrons. The summed E-state index contributed by atoms with van der Waals surface area (Å²) in [6.45, 7) is 2.28. The van der Waals surface area contributed by atoms with Gasteiger partial charge in [-0.15, -0.1) is 0 Å². The number of oxime groups is 1. The molecule has 0 bridgehead atoms. The monoisotopic (exact) mass is 528 g/mol. The van der Waals surface area contributed by atoms with Crippen LogP contribution in [0.1, 0.15) is 104 Å². The summed E-state index contributed by atoms with van der Waals surface area (Å²) in [5, 5.41) is 17.1. The lowest BCUT2D eigenvalue weighted by Gasteiger charge is -2.25. The Kier molecular flexibility index (Phi) is 7.54. The van der Waals surface area contributed by atoms with Crippen LogP contribution in [0, 0.1) is 5.41 Å². The minimum Gasteiger partial charge on any atom is -0.481 e. The highest BCUT2D eigenvalue weighted by molar-refractivity contribution is 5.98. The van der Waals surface area contributed by atoms with E-state index in [1.54, 1.807) is 12.1 Å². The van der Waals surface area contributed by atoms with E-state index < -0.39 is 23.1 Å². The van der Waals surface area contributed by atoms with Gasteiger partial charge >= 0.3 is 12.1 Å². The molecule has 0 heterocycles. The van der Waals surface area contributed by atoms with Gasteiger partial charge in [-0.3, -0.25) is 4.79 Å². The number of benzene rings is 2. The number of hydrogen-bond acceptors (Lipinski definition) is 4. The molecule has 1 atom stereocenters. The average molecular weight is 529 g/mol. The molecule has 0 saturated heterocycles. The van der Waals surface area contributed by atoms with Crippen molar-refractivity contribution < 1.29 is 27.9 Å². The van der Waals surface area contributed by atoms with E-state index in [2.05, 4.69) is 16.5 Å². The first-order chi connectivity index (χ1) is 18.2. The van der Waals surface area contributed by atoms with Gasteiger partial charge in [-0.25, -0.2) is 0 Å². The zero-order valence-corrected chi connectivity index (χ0v) is 21.7. The summed E-state index contributed by atoms with van der Waals surface area (Å²) in [7, 11) is 0. The van der Waals surface area contributed by atoms with Crippen molar-refractivity contribution in [3.8, 4) is 0 Å². The van der Waals surface area contributed by atoms with Gasteiger partial charge in [0.15, 0.2) is 0 Å². The summed E-state index contributed by atoms with van der Waals surface area (Å²) in [6, 6.07) is 10.8. The number of fused-ring (bicyclic) bond motifs is 1. The van der Waals surface area contributed by atoms with Gasteiger partial charge in [0.1, 0.15) is 6.61 Å². The normalized spacial score (nSPS) is 21.3. The molecule has 3 aliphatic carbocycles. The third-order valence-electron chi connectivity index (χ3n) is 8.53. The van der Waals surface area contributed by atoms with E-state index in [1.807, 2.05) is 19.1 Å². The SMILES string of the molecule is C/C(=N\OCc1ccc(C2CCCCC2)c(C(F)(F)F)c1)c1ccc2c(c1)CCC2NCC1(C(=O)O)CC1. The van der Waals surface area contributed by atoms with Crippen LogP contribution in [0.5, 0.6) is 0 Å². The summed E-state index contributed by atoms with van der Waals surface area (Å²) in [6.07, 6.45) is 3.53. The Morgan fingerprint density at radius 1 is 1.08 bits per heavy atom. The van der Waals surface area contributed by atoms with E-state index in [9.17, 15) is 23.1 Å². The molecule has 5 rings (SSSR count). The van der Waals surface area contributed by atoms with E-state index >= 15 is 0 Å². The standard InChI is InChI=1S/C30H35F3N2O3/c1-19(22-8-11-25-23(16-22)9-12-27(25)34-18-29(13-14-29)28(36)37)35-38-17-20-7-10-24(21-5-3-2-4-6-21)26(15-20)30(31,32)33/h7-8,10-11,15-16,21,27,34H,2-6,9,12-14,17-18H2,1H3,(H,36,37)/b35-19+. The summed E-state index contributed by atoms with van der Waals surface area (Å²) >= 11 is 0. The third kappa shape index (κ3) is 5.75. The quantitative estimate of drug-likeness (QED) is 0.268. The maximum Gasteiger partial charge on any atom is 0.416 e. The van der Waals surface area contributed by atoms with Gasteiger partial charge < -0.3 is 15.3 Å². The van der Waals surface area contributed by atoms with Crippen molar-refractivity contribution in [2.75, 3.05) is 6.54 Å². The van der Waals surface area contributed by atoms with Gasteiger partial charge in [-0.05, 0) is 91.3 Å². The van der Waals surface area contributed by atoms with Crippen LogP contribution >= 0.6 is 0 Å². The molecule has 0 aromatic heterocycles. The summed E-state index contributed by atoms with van der Waals surface area (Å²) in [4.78, 5) is 16.9. The second-order valence-electron chi connectivity index (χ2n) is 11.2. The Morgan fingerprint density at radius 3 is 2.50 bits per heavy atom. The van der Waals surface area contributed by atoms with Gasteiger partial charge in [0.2, 0.25) is 0 Å². The first-order valence-electron chi connectivity index (χ1n) is 13.6. The van der Waals surface area contributed by atoms with Gasteiger partial charge in [-0.1, -0.05) is 48.7 Å². The summed E-state index contributed by atoms with van der Waals surface area (Å²) in [5.74, 6) is -0.752. The predicted molar refractivity (Wildman–Crippen MR) is 139 cm³/mol. The van der Waals surface area contributed by atoms with Crippen molar-refractivity contribution in [3.63, 3.8) is 0 Å². The molecule has 2 aromatic carbocycles. The number of carboxylic acid groups (broad SMARTS) is 1.